The van der Waals surface area contributed by atoms with Crippen molar-refractivity contribution in [3.8, 4) is 5.69 Å². The van der Waals surface area contributed by atoms with Crippen molar-refractivity contribution in [2.45, 2.75) is 39.8 Å². The molecule has 1 N–H and O–H groups in total. The van der Waals surface area contributed by atoms with Gasteiger partial charge in [0.15, 0.2) is 0 Å². The lowest BCUT2D eigenvalue weighted by Crippen LogP contribution is -2.52. The molecule has 2 atom stereocenters. The molecular weight excluding hydrogens is 326 g/mol. The molecular formula is C21H29N3O2. The smallest absolute Gasteiger partial charge is 0.251 e. The van der Waals surface area contributed by atoms with Crippen molar-refractivity contribution in [2.75, 3.05) is 26.3 Å². The number of morpholine rings is 1. The molecule has 1 aliphatic heterocycles. The van der Waals surface area contributed by atoms with Gasteiger partial charge in [0.05, 0.1) is 13.2 Å². The standard InChI is InChI=1S/C21H29N3O2/c1-15-5-6-16(2)24(15)20-9-7-19(8-10-20)21(25)22-17(3)18(4)23-11-13-26-14-12-23/h5-10,17-18H,11-14H2,1-4H3,(H,22,25). The number of aryl methyl sites for hydroxylation is 2. The van der Waals surface area contributed by atoms with E-state index in [4.69, 9.17) is 4.74 Å². The van der Waals surface area contributed by atoms with Crippen LogP contribution in [0.4, 0.5) is 0 Å². The maximum absolute atomic E-state index is 12.6. The van der Waals surface area contributed by atoms with E-state index in [1.807, 2.05) is 24.3 Å². The summed E-state index contributed by atoms with van der Waals surface area (Å²) in [4.78, 5) is 15.0. The van der Waals surface area contributed by atoms with Crippen molar-refractivity contribution < 1.29 is 9.53 Å². The third kappa shape index (κ3) is 4.00. The number of nitrogens with one attached hydrogen (secondary N) is 1. The largest absolute Gasteiger partial charge is 0.379 e. The van der Waals surface area contributed by atoms with E-state index in [0.717, 1.165) is 32.0 Å². The molecule has 2 aromatic rings. The van der Waals surface area contributed by atoms with Gasteiger partial charge >= 0.3 is 0 Å². The van der Waals surface area contributed by atoms with Crippen molar-refractivity contribution in [2.24, 2.45) is 0 Å². The second kappa shape index (κ2) is 8.06. The normalized spacial score (nSPS) is 17.7. The van der Waals surface area contributed by atoms with Gasteiger partial charge in [-0.05, 0) is 64.1 Å². The van der Waals surface area contributed by atoms with Gasteiger partial charge in [0.2, 0.25) is 0 Å². The number of hydrogen-bond acceptors (Lipinski definition) is 3. The Morgan fingerprint density at radius 2 is 1.58 bits per heavy atom. The molecule has 0 spiro atoms. The van der Waals surface area contributed by atoms with E-state index in [0.29, 0.717) is 5.56 Å². The highest BCUT2D eigenvalue weighted by Crippen LogP contribution is 2.17. The molecule has 0 bridgehead atoms. The zero-order valence-electron chi connectivity index (χ0n) is 16.2. The molecule has 5 nitrogen and oxygen atoms in total. The maximum Gasteiger partial charge on any atom is 0.251 e. The molecule has 140 valence electrons. The van der Waals surface area contributed by atoms with Gasteiger partial charge < -0.3 is 14.6 Å². The lowest BCUT2D eigenvalue weighted by Gasteiger charge is -2.35. The summed E-state index contributed by atoms with van der Waals surface area (Å²) in [5.74, 6) is -0.0230. The monoisotopic (exact) mass is 355 g/mol. The molecule has 1 aromatic heterocycles. The summed E-state index contributed by atoms with van der Waals surface area (Å²) in [5.41, 5.74) is 4.15. The molecule has 2 unspecified atom stereocenters. The minimum atomic E-state index is -0.0230. The van der Waals surface area contributed by atoms with E-state index in [9.17, 15) is 4.79 Å². The number of carbonyl (C=O) groups excluding carboxylic acids is 1. The second-order valence-corrected chi connectivity index (χ2v) is 7.15. The third-order valence-electron chi connectivity index (χ3n) is 5.36. The number of rotatable bonds is 5. The van der Waals surface area contributed by atoms with Gasteiger partial charge in [0.1, 0.15) is 0 Å². The Kier molecular flexibility index (Phi) is 5.79. The topological polar surface area (TPSA) is 46.5 Å². The zero-order chi connectivity index (χ0) is 18.7. The molecule has 1 aliphatic rings. The Morgan fingerprint density at radius 1 is 1.00 bits per heavy atom. The number of aromatic nitrogens is 1. The van der Waals surface area contributed by atoms with Crippen molar-refractivity contribution in [1.82, 2.24) is 14.8 Å². The molecule has 5 heteroatoms. The number of hydrogen-bond donors (Lipinski definition) is 1. The van der Waals surface area contributed by atoms with Crippen LogP contribution < -0.4 is 5.32 Å². The summed E-state index contributed by atoms with van der Waals surface area (Å²) in [6, 6.07) is 12.4. The summed E-state index contributed by atoms with van der Waals surface area (Å²) in [6.07, 6.45) is 0. The first-order valence-electron chi connectivity index (χ1n) is 9.35. The van der Waals surface area contributed by atoms with Crippen LogP contribution in [-0.4, -0.2) is 53.8 Å². The first kappa shape index (κ1) is 18.7. The molecule has 1 fully saturated rings. The van der Waals surface area contributed by atoms with E-state index in [1.165, 1.54) is 11.4 Å². The van der Waals surface area contributed by atoms with Crippen LogP contribution in [0.3, 0.4) is 0 Å². The maximum atomic E-state index is 12.6. The fourth-order valence-corrected chi connectivity index (χ4v) is 3.55. The van der Waals surface area contributed by atoms with Crippen molar-refractivity contribution in [3.05, 3.63) is 53.3 Å². The van der Waals surface area contributed by atoms with Gasteiger partial charge in [0, 0.05) is 47.8 Å². The highest BCUT2D eigenvalue weighted by atomic mass is 16.5. The molecule has 1 saturated heterocycles. The average molecular weight is 355 g/mol. The molecule has 3 rings (SSSR count). The van der Waals surface area contributed by atoms with E-state index >= 15 is 0 Å². The summed E-state index contributed by atoms with van der Waals surface area (Å²) < 4.78 is 7.59. The Morgan fingerprint density at radius 3 is 2.15 bits per heavy atom. The summed E-state index contributed by atoms with van der Waals surface area (Å²) in [5, 5.41) is 3.14. The van der Waals surface area contributed by atoms with Crippen molar-refractivity contribution in [1.29, 1.82) is 0 Å². The van der Waals surface area contributed by atoms with Gasteiger partial charge in [-0.3, -0.25) is 9.69 Å². The van der Waals surface area contributed by atoms with Gasteiger partial charge in [0.25, 0.3) is 5.91 Å². The Bertz CT molecular complexity index is 726. The quantitative estimate of drug-likeness (QED) is 0.897. The predicted octanol–water partition coefficient (Wildman–Crippen LogP) is 2.93. The van der Waals surface area contributed by atoms with E-state index in [-0.39, 0.29) is 18.0 Å². The fourth-order valence-electron chi connectivity index (χ4n) is 3.55. The highest BCUT2D eigenvalue weighted by Gasteiger charge is 2.23. The van der Waals surface area contributed by atoms with Crippen LogP contribution in [0.2, 0.25) is 0 Å². The molecule has 1 aromatic carbocycles. The van der Waals surface area contributed by atoms with Crippen LogP contribution in [0, 0.1) is 13.8 Å². The summed E-state index contributed by atoms with van der Waals surface area (Å²) >= 11 is 0. The number of carbonyl (C=O) groups is 1. The second-order valence-electron chi connectivity index (χ2n) is 7.15. The Hall–Kier alpha value is -2.11. The lowest BCUT2D eigenvalue weighted by atomic mass is 10.1. The molecule has 0 radical (unpaired) electrons. The van der Waals surface area contributed by atoms with Crippen molar-refractivity contribution in [3.63, 3.8) is 0 Å². The Balaban J connectivity index is 1.64. The van der Waals surface area contributed by atoms with Crippen LogP contribution in [-0.2, 0) is 4.74 Å². The predicted molar refractivity (Wildman–Crippen MR) is 104 cm³/mol. The van der Waals surface area contributed by atoms with Gasteiger partial charge in [-0.25, -0.2) is 0 Å². The van der Waals surface area contributed by atoms with Crippen molar-refractivity contribution >= 4 is 5.91 Å². The van der Waals surface area contributed by atoms with Crippen LogP contribution in [0.5, 0.6) is 0 Å². The van der Waals surface area contributed by atoms with Crippen LogP contribution in [0.15, 0.2) is 36.4 Å². The van der Waals surface area contributed by atoms with E-state index in [2.05, 4.69) is 54.6 Å². The van der Waals surface area contributed by atoms with Gasteiger partial charge in [-0.2, -0.15) is 0 Å². The minimum Gasteiger partial charge on any atom is -0.379 e. The summed E-state index contributed by atoms with van der Waals surface area (Å²) in [7, 11) is 0. The van der Waals surface area contributed by atoms with Gasteiger partial charge in [-0.15, -0.1) is 0 Å². The molecule has 0 saturated carbocycles. The molecule has 0 aliphatic carbocycles. The number of benzene rings is 1. The molecule has 2 heterocycles. The minimum absolute atomic E-state index is 0.0230. The van der Waals surface area contributed by atoms with Crippen LogP contribution >= 0.6 is 0 Å². The first-order chi connectivity index (χ1) is 12.5. The zero-order valence-corrected chi connectivity index (χ0v) is 16.2. The Labute approximate surface area is 156 Å². The van der Waals surface area contributed by atoms with Crippen LogP contribution in [0.1, 0.15) is 35.6 Å². The number of ether oxygens (including phenoxy) is 1. The van der Waals surface area contributed by atoms with Crippen LogP contribution in [0.25, 0.3) is 5.69 Å². The third-order valence-corrected chi connectivity index (χ3v) is 5.36. The van der Waals surface area contributed by atoms with Gasteiger partial charge in [-0.1, -0.05) is 0 Å². The highest BCUT2D eigenvalue weighted by molar-refractivity contribution is 5.94. The molecule has 1 amide bonds. The SMILES string of the molecule is Cc1ccc(C)n1-c1ccc(C(=O)NC(C)C(C)N2CCOCC2)cc1. The van der Waals surface area contributed by atoms with E-state index < -0.39 is 0 Å². The number of amides is 1. The van der Waals surface area contributed by atoms with E-state index in [1.54, 1.807) is 0 Å². The average Bonchev–Trinajstić information content (AvgIpc) is 3.00. The summed E-state index contributed by atoms with van der Waals surface area (Å²) in [6.45, 7) is 11.8. The fraction of sp³-hybridized carbons (Fsp3) is 0.476. The first-order valence-corrected chi connectivity index (χ1v) is 9.35. The number of nitrogens with zero attached hydrogens (tertiary/aromatic N) is 2. The lowest BCUT2D eigenvalue weighted by molar-refractivity contribution is 0.0137. The molecule has 26 heavy (non-hydrogen) atoms.